The van der Waals surface area contributed by atoms with Gasteiger partial charge in [-0.2, -0.15) is 0 Å². The molecule has 1 aliphatic heterocycles. The Hall–Kier alpha value is -0.880. The Labute approximate surface area is 138 Å². The minimum absolute atomic E-state index is 0.244. The van der Waals surface area contributed by atoms with E-state index in [1.54, 1.807) is 26.0 Å². The summed E-state index contributed by atoms with van der Waals surface area (Å²) >= 11 is 5.30. The standard InChI is InChI=1S/C15H21BrN2O2S/c1-15(2)8-17-14(18-9-15)21-7-10-5-12(19-3)13(20-4)6-11(10)16/h5-6H,7-9H2,1-4H3,(H,17,18). The molecule has 0 saturated heterocycles. The van der Waals surface area contributed by atoms with Crippen molar-refractivity contribution in [2.75, 3.05) is 27.3 Å². The third kappa shape index (κ3) is 4.30. The second-order valence-electron chi connectivity index (χ2n) is 5.73. The van der Waals surface area contributed by atoms with Crippen LogP contribution in [0.3, 0.4) is 0 Å². The van der Waals surface area contributed by atoms with Crippen molar-refractivity contribution in [2.24, 2.45) is 10.4 Å². The summed E-state index contributed by atoms with van der Waals surface area (Å²) in [5.74, 6) is 2.30. The SMILES string of the molecule is COc1cc(Br)c(CSC2=NCC(C)(C)CN2)cc1OC. The van der Waals surface area contributed by atoms with Crippen molar-refractivity contribution >= 4 is 32.9 Å². The molecule has 1 aliphatic rings. The maximum Gasteiger partial charge on any atom is 0.161 e. The third-order valence-electron chi connectivity index (χ3n) is 3.29. The van der Waals surface area contributed by atoms with Crippen molar-refractivity contribution in [3.05, 3.63) is 22.2 Å². The van der Waals surface area contributed by atoms with Crippen molar-refractivity contribution in [3.63, 3.8) is 0 Å². The molecule has 2 rings (SSSR count). The molecular weight excluding hydrogens is 352 g/mol. The lowest BCUT2D eigenvalue weighted by Crippen LogP contribution is -2.39. The van der Waals surface area contributed by atoms with Gasteiger partial charge >= 0.3 is 0 Å². The Bertz CT molecular complexity index is 547. The number of thioether (sulfide) groups is 1. The second kappa shape index (κ2) is 6.92. The van der Waals surface area contributed by atoms with Crippen molar-refractivity contribution in [1.29, 1.82) is 0 Å². The Balaban J connectivity index is 2.05. The van der Waals surface area contributed by atoms with Gasteiger partial charge in [0, 0.05) is 28.7 Å². The molecule has 0 radical (unpaired) electrons. The van der Waals surface area contributed by atoms with E-state index in [-0.39, 0.29) is 5.41 Å². The highest BCUT2D eigenvalue weighted by atomic mass is 79.9. The van der Waals surface area contributed by atoms with Gasteiger partial charge in [0.25, 0.3) is 0 Å². The number of amidine groups is 1. The number of methoxy groups -OCH3 is 2. The largest absolute Gasteiger partial charge is 0.493 e. The van der Waals surface area contributed by atoms with E-state index in [4.69, 9.17) is 9.47 Å². The van der Waals surface area contributed by atoms with Gasteiger partial charge in [0.2, 0.25) is 0 Å². The predicted octanol–water partition coefficient (Wildman–Crippen LogP) is 3.68. The van der Waals surface area contributed by atoms with Crippen molar-refractivity contribution in [1.82, 2.24) is 5.32 Å². The molecule has 1 heterocycles. The summed E-state index contributed by atoms with van der Waals surface area (Å²) < 4.78 is 11.7. The number of rotatable bonds is 4. The Kier molecular flexibility index (Phi) is 5.43. The van der Waals surface area contributed by atoms with Crippen LogP contribution >= 0.6 is 27.7 Å². The number of benzene rings is 1. The Morgan fingerprint density at radius 1 is 1.29 bits per heavy atom. The fraction of sp³-hybridized carbons (Fsp3) is 0.533. The molecule has 0 aromatic heterocycles. The summed E-state index contributed by atoms with van der Waals surface area (Å²) in [6.07, 6.45) is 0. The number of halogens is 1. The summed E-state index contributed by atoms with van der Waals surface area (Å²) in [6, 6.07) is 3.94. The fourth-order valence-electron chi connectivity index (χ4n) is 1.96. The molecule has 0 spiro atoms. The van der Waals surface area contributed by atoms with Gasteiger partial charge in [-0.05, 0) is 17.7 Å². The Morgan fingerprint density at radius 3 is 2.52 bits per heavy atom. The lowest BCUT2D eigenvalue weighted by Gasteiger charge is -2.28. The monoisotopic (exact) mass is 372 g/mol. The molecule has 6 heteroatoms. The summed E-state index contributed by atoms with van der Waals surface area (Å²) in [7, 11) is 3.29. The zero-order valence-corrected chi connectivity index (χ0v) is 15.2. The van der Waals surface area contributed by atoms with E-state index in [1.807, 2.05) is 12.1 Å². The highest BCUT2D eigenvalue weighted by molar-refractivity contribution is 9.10. The maximum absolute atomic E-state index is 5.35. The molecule has 116 valence electrons. The van der Waals surface area contributed by atoms with Crippen LogP contribution in [0.5, 0.6) is 11.5 Å². The molecule has 21 heavy (non-hydrogen) atoms. The lowest BCUT2D eigenvalue weighted by atomic mass is 9.93. The minimum atomic E-state index is 0.244. The molecule has 4 nitrogen and oxygen atoms in total. The van der Waals surface area contributed by atoms with Crippen LogP contribution in [0.2, 0.25) is 0 Å². The van der Waals surface area contributed by atoms with Crippen LogP contribution in [0.15, 0.2) is 21.6 Å². The van der Waals surface area contributed by atoms with Crippen molar-refractivity contribution in [2.45, 2.75) is 19.6 Å². The fourth-order valence-corrected chi connectivity index (χ4v) is 3.47. The number of nitrogens with zero attached hydrogens (tertiary/aromatic N) is 1. The molecule has 1 N–H and O–H groups in total. The average Bonchev–Trinajstić information content (AvgIpc) is 2.46. The van der Waals surface area contributed by atoms with Crippen molar-refractivity contribution < 1.29 is 9.47 Å². The van der Waals surface area contributed by atoms with Gasteiger partial charge in [-0.15, -0.1) is 0 Å². The molecule has 0 amide bonds. The molecule has 0 fully saturated rings. The molecule has 0 aliphatic carbocycles. The molecule has 0 saturated carbocycles. The molecule has 1 aromatic carbocycles. The quantitative estimate of drug-likeness (QED) is 0.874. The average molecular weight is 373 g/mol. The molecular formula is C15H21BrN2O2S. The van der Waals surface area contributed by atoms with Crippen LogP contribution < -0.4 is 14.8 Å². The number of hydrogen-bond acceptors (Lipinski definition) is 5. The number of hydrogen-bond donors (Lipinski definition) is 1. The summed E-state index contributed by atoms with van der Waals surface area (Å²) in [4.78, 5) is 4.60. The highest BCUT2D eigenvalue weighted by Crippen LogP contribution is 2.35. The smallest absolute Gasteiger partial charge is 0.161 e. The van der Waals surface area contributed by atoms with Crippen LogP contribution in [-0.4, -0.2) is 32.5 Å². The van der Waals surface area contributed by atoms with E-state index < -0.39 is 0 Å². The van der Waals surface area contributed by atoms with E-state index in [0.717, 1.165) is 45.5 Å². The molecule has 0 bridgehead atoms. The van der Waals surface area contributed by atoms with E-state index >= 15 is 0 Å². The normalized spacial score (nSPS) is 16.9. The topological polar surface area (TPSA) is 42.8 Å². The van der Waals surface area contributed by atoms with E-state index in [1.165, 1.54) is 0 Å². The van der Waals surface area contributed by atoms with Gasteiger partial charge in [-0.25, -0.2) is 0 Å². The Morgan fingerprint density at radius 2 is 1.95 bits per heavy atom. The van der Waals surface area contributed by atoms with Gasteiger partial charge in [0.1, 0.15) is 0 Å². The second-order valence-corrected chi connectivity index (χ2v) is 7.54. The minimum Gasteiger partial charge on any atom is -0.493 e. The molecule has 0 atom stereocenters. The first-order chi connectivity index (χ1) is 9.95. The first-order valence-corrected chi connectivity index (χ1v) is 8.54. The van der Waals surface area contributed by atoms with Crippen LogP contribution in [0.25, 0.3) is 0 Å². The number of nitrogens with one attached hydrogen (secondary N) is 1. The van der Waals surface area contributed by atoms with Crippen LogP contribution in [0.4, 0.5) is 0 Å². The zero-order chi connectivity index (χ0) is 15.5. The first kappa shape index (κ1) is 16.5. The van der Waals surface area contributed by atoms with Gasteiger partial charge in [-0.1, -0.05) is 41.5 Å². The summed E-state index contributed by atoms with van der Waals surface area (Å²) in [5.41, 5.74) is 1.40. The van der Waals surface area contributed by atoms with E-state index in [2.05, 4.69) is 40.1 Å². The van der Waals surface area contributed by atoms with Crippen LogP contribution in [-0.2, 0) is 5.75 Å². The van der Waals surface area contributed by atoms with Gasteiger partial charge in [-0.3, -0.25) is 4.99 Å². The van der Waals surface area contributed by atoms with Crippen molar-refractivity contribution in [3.8, 4) is 11.5 Å². The highest BCUT2D eigenvalue weighted by Gasteiger charge is 2.22. The zero-order valence-electron chi connectivity index (χ0n) is 12.8. The lowest BCUT2D eigenvalue weighted by molar-refractivity contribution is 0.354. The third-order valence-corrected chi connectivity index (χ3v) is 5.03. The van der Waals surface area contributed by atoms with Gasteiger partial charge < -0.3 is 14.8 Å². The number of ether oxygens (including phenoxy) is 2. The summed E-state index contributed by atoms with van der Waals surface area (Å²) in [5, 5.41) is 4.40. The van der Waals surface area contributed by atoms with E-state index in [9.17, 15) is 0 Å². The maximum atomic E-state index is 5.35. The van der Waals surface area contributed by atoms with Gasteiger partial charge in [0.15, 0.2) is 16.7 Å². The van der Waals surface area contributed by atoms with Crippen LogP contribution in [0.1, 0.15) is 19.4 Å². The predicted molar refractivity (Wildman–Crippen MR) is 92.6 cm³/mol. The molecule has 0 unspecified atom stereocenters. The van der Waals surface area contributed by atoms with Gasteiger partial charge in [0.05, 0.1) is 14.2 Å². The van der Waals surface area contributed by atoms with Crippen LogP contribution in [0, 0.1) is 5.41 Å². The molecule has 1 aromatic rings. The number of aliphatic imine (C=N–C) groups is 1. The van der Waals surface area contributed by atoms with E-state index in [0.29, 0.717) is 0 Å². The first-order valence-electron chi connectivity index (χ1n) is 6.77. The summed E-state index contributed by atoms with van der Waals surface area (Å²) in [6.45, 7) is 6.27.